The number of fused-ring (bicyclic) bond motifs is 1. The molecule has 0 aromatic heterocycles. The van der Waals surface area contributed by atoms with Gasteiger partial charge in [0.2, 0.25) is 0 Å². The molecule has 0 radical (unpaired) electrons. The molecule has 20 heavy (non-hydrogen) atoms. The first kappa shape index (κ1) is 14.3. The fraction of sp³-hybridized carbons (Fsp3) is 0.333. The normalized spacial score (nSPS) is 22.6. The Kier molecular flexibility index (Phi) is 3.38. The summed E-state index contributed by atoms with van der Waals surface area (Å²) in [6.45, 7) is 0.993. The van der Waals surface area contributed by atoms with Crippen LogP contribution in [0.4, 0.5) is 0 Å². The standard InChI is InChI=1S/C12H12O8/c1-11(15,17-2)9(13)19-20-10(14)12(16)7-5-3-4-6-8(7)18-12/h3-6,15-16H,1-2H3. The van der Waals surface area contributed by atoms with Gasteiger partial charge in [0.1, 0.15) is 5.75 Å². The molecule has 2 unspecified atom stereocenters. The van der Waals surface area contributed by atoms with E-state index in [4.69, 9.17) is 4.74 Å². The van der Waals surface area contributed by atoms with Crippen LogP contribution < -0.4 is 4.74 Å². The molecule has 1 heterocycles. The molecular formula is C12H12O8. The molecule has 2 N–H and O–H groups in total. The minimum atomic E-state index is -2.34. The molecule has 0 bridgehead atoms. The van der Waals surface area contributed by atoms with E-state index in [1.54, 1.807) is 18.2 Å². The van der Waals surface area contributed by atoms with Crippen LogP contribution in [-0.4, -0.2) is 35.0 Å². The lowest BCUT2D eigenvalue weighted by atomic mass is 9.99. The Morgan fingerprint density at radius 2 is 1.95 bits per heavy atom. The quantitative estimate of drug-likeness (QED) is 0.437. The lowest BCUT2D eigenvalue weighted by molar-refractivity contribution is -0.311. The summed E-state index contributed by atoms with van der Waals surface area (Å²) in [6.07, 6.45) is 0. The molecule has 0 saturated carbocycles. The van der Waals surface area contributed by atoms with Crippen molar-refractivity contribution in [2.45, 2.75) is 18.5 Å². The first-order valence-electron chi connectivity index (χ1n) is 5.53. The van der Waals surface area contributed by atoms with E-state index in [1.165, 1.54) is 6.07 Å². The van der Waals surface area contributed by atoms with Gasteiger partial charge in [-0.05, 0) is 12.1 Å². The summed E-state index contributed by atoms with van der Waals surface area (Å²) in [5, 5.41) is 19.3. The maximum absolute atomic E-state index is 11.6. The highest BCUT2D eigenvalue weighted by molar-refractivity contribution is 5.84. The van der Waals surface area contributed by atoms with Crippen molar-refractivity contribution in [2.75, 3.05) is 7.11 Å². The second-order valence-corrected chi connectivity index (χ2v) is 4.17. The van der Waals surface area contributed by atoms with Crippen LogP contribution in [0.15, 0.2) is 24.3 Å². The van der Waals surface area contributed by atoms with E-state index in [0.717, 1.165) is 14.0 Å². The van der Waals surface area contributed by atoms with Crippen LogP contribution in [0.25, 0.3) is 0 Å². The number of carbonyl (C=O) groups excluding carboxylic acids is 2. The third kappa shape index (κ3) is 2.20. The SMILES string of the molecule is COC(C)(O)C(=O)OOC(=O)C1(O)Oc2ccccc21. The average Bonchev–Trinajstić information content (AvgIpc) is 2.42. The van der Waals surface area contributed by atoms with E-state index in [-0.39, 0.29) is 5.56 Å². The van der Waals surface area contributed by atoms with Gasteiger partial charge in [-0.25, -0.2) is 19.4 Å². The number of hydrogen-bond acceptors (Lipinski definition) is 8. The van der Waals surface area contributed by atoms with Gasteiger partial charge in [0, 0.05) is 14.0 Å². The Balaban J connectivity index is 2.00. The number of para-hydroxylation sites is 1. The van der Waals surface area contributed by atoms with Gasteiger partial charge >= 0.3 is 17.7 Å². The molecule has 0 aliphatic carbocycles. The average molecular weight is 284 g/mol. The highest BCUT2D eigenvalue weighted by Gasteiger charge is 2.54. The number of hydrogen-bond donors (Lipinski definition) is 2. The highest BCUT2D eigenvalue weighted by atomic mass is 17.2. The van der Waals surface area contributed by atoms with E-state index in [2.05, 4.69) is 14.5 Å². The van der Waals surface area contributed by atoms with Gasteiger partial charge in [-0.15, -0.1) is 0 Å². The van der Waals surface area contributed by atoms with E-state index in [1.807, 2.05) is 0 Å². The van der Waals surface area contributed by atoms with Crippen molar-refractivity contribution in [3.8, 4) is 5.75 Å². The first-order valence-corrected chi connectivity index (χ1v) is 5.53. The number of ether oxygens (including phenoxy) is 2. The topological polar surface area (TPSA) is 112 Å². The van der Waals surface area contributed by atoms with E-state index in [9.17, 15) is 19.8 Å². The Labute approximate surface area is 113 Å². The highest BCUT2D eigenvalue weighted by Crippen LogP contribution is 2.42. The lowest BCUT2D eigenvalue weighted by Crippen LogP contribution is -2.50. The molecule has 0 saturated heterocycles. The van der Waals surface area contributed by atoms with Crippen LogP contribution in [0.2, 0.25) is 0 Å². The zero-order valence-corrected chi connectivity index (χ0v) is 10.7. The molecule has 0 amide bonds. The smallest absolute Gasteiger partial charge is 0.431 e. The van der Waals surface area contributed by atoms with Gasteiger partial charge in [0.25, 0.3) is 5.79 Å². The minimum absolute atomic E-state index is 0.180. The molecule has 0 spiro atoms. The molecule has 1 aromatic carbocycles. The van der Waals surface area contributed by atoms with Gasteiger partial charge in [-0.3, -0.25) is 0 Å². The molecule has 2 rings (SSSR count). The molecule has 8 nitrogen and oxygen atoms in total. The van der Waals surface area contributed by atoms with Crippen LogP contribution in [0, 0.1) is 0 Å². The number of methoxy groups -OCH3 is 1. The molecule has 0 fully saturated rings. The van der Waals surface area contributed by atoms with Crippen LogP contribution in [0.1, 0.15) is 12.5 Å². The molecular weight excluding hydrogens is 272 g/mol. The summed E-state index contributed by atoms with van der Waals surface area (Å²) in [5.41, 5.74) is 0.180. The Bertz CT molecular complexity index is 552. The van der Waals surface area contributed by atoms with Gasteiger partial charge in [-0.1, -0.05) is 12.1 Å². The monoisotopic (exact) mass is 284 g/mol. The first-order chi connectivity index (χ1) is 9.31. The van der Waals surface area contributed by atoms with Crippen molar-refractivity contribution in [3.63, 3.8) is 0 Å². The third-order valence-electron chi connectivity index (χ3n) is 2.76. The Morgan fingerprint density at radius 1 is 1.30 bits per heavy atom. The maximum Gasteiger partial charge on any atom is 0.431 e. The molecule has 2 atom stereocenters. The van der Waals surface area contributed by atoms with Gasteiger partial charge < -0.3 is 19.7 Å². The molecule has 108 valence electrons. The van der Waals surface area contributed by atoms with Crippen LogP contribution in [0.5, 0.6) is 5.75 Å². The van der Waals surface area contributed by atoms with Crippen molar-refractivity contribution in [1.29, 1.82) is 0 Å². The van der Waals surface area contributed by atoms with Gasteiger partial charge in [0.15, 0.2) is 0 Å². The molecule has 1 aliphatic rings. The Morgan fingerprint density at radius 3 is 2.55 bits per heavy atom. The summed E-state index contributed by atoms with van der Waals surface area (Å²) in [5.74, 6) is -7.01. The van der Waals surface area contributed by atoms with Crippen molar-refractivity contribution in [2.24, 2.45) is 0 Å². The Hall–Kier alpha value is -2.16. The summed E-state index contributed by atoms with van der Waals surface area (Å²) in [6, 6.07) is 6.23. The van der Waals surface area contributed by atoms with Gasteiger partial charge in [-0.2, -0.15) is 0 Å². The van der Waals surface area contributed by atoms with Crippen LogP contribution in [0.3, 0.4) is 0 Å². The van der Waals surface area contributed by atoms with Crippen molar-refractivity contribution in [1.82, 2.24) is 0 Å². The minimum Gasteiger partial charge on any atom is -0.447 e. The van der Waals surface area contributed by atoms with Crippen molar-refractivity contribution >= 4 is 11.9 Å². The summed E-state index contributed by atoms with van der Waals surface area (Å²) in [7, 11) is 1.06. The van der Waals surface area contributed by atoms with Crippen LogP contribution >= 0.6 is 0 Å². The predicted molar refractivity (Wildman–Crippen MR) is 60.8 cm³/mol. The summed E-state index contributed by atoms with van der Waals surface area (Å²) >= 11 is 0. The van der Waals surface area contributed by atoms with E-state index < -0.39 is 23.5 Å². The van der Waals surface area contributed by atoms with Gasteiger partial charge in [0.05, 0.1) is 5.56 Å². The molecule has 1 aliphatic heterocycles. The van der Waals surface area contributed by atoms with E-state index >= 15 is 0 Å². The van der Waals surface area contributed by atoms with Crippen molar-refractivity contribution < 1.29 is 39.1 Å². The molecule has 1 aromatic rings. The third-order valence-corrected chi connectivity index (χ3v) is 2.76. The molecule has 8 heteroatoms. The summed E-state index contributed by atoms with van der Waals surface area (Å²) < 4.78 is 9.28. The fourth-order valence-corrected chi connectivity index (χ4v) is 1.45. The largest absolute Gasteiger partial charge is 0.447 e. The fourth-order valence-electron chi connectivity index (χ4n) is 1.45. The zero-order valence-electron chi connectivity index (χ0n) is 10.7. The van der Waals surface area contributed by atoms with Crippen molar-refractivity contribution in [3.05, 3.63) is 29.8 Å². The van der Waals surface area contributed by atoms with E-state index in [0.29, 0.717) is 5.75 Å². The number of aliphatic hydroxyl groups is 2. The number of carbonyl (C=O) groups is 2. The second kappa shape index (κ2) is 4.75. The van der Waals surface area contributed by atoms with Crippen LogP contribution in [-0.2, 0) is 29.9 Å². The zero-order chi connectivity index (χ0) is 15.0. The number of rotatable bonds is 3. The summed E-state index contributed by atoms with van der Waals surface area (Å²) in [4.78, 5) is 31.2. The maximum atomic E-state index is 11.6. The second-order valence-electron chi connectivity index (χ2n) is 4.17. The lowest BCUT2D eigenvalue weighted by Gasteiger charge is -2.35. The number of benzene rings is 1. The predicted octanol–water partition coefficient (Wildman–Crippen LogP) is -0.420.